The first-order valence-corrected chi connectivity index (χ1v) is 6.84. The number of hydrogen-bond acceptors (Lipinski definition) is 6. The molecule has 0 unspecified atom stereocenters. The van der Waals surface area contributed by atoms with Gasteiger partial charge in [0.05, 0.1) is 6.61 Å². The molecule has 0 fully saturated rings. The fraction of sp³-hybridized carbons (Fsp3) is 0.308. The van der Waals surface area contributed by atoms with E-state index < -0.39 is 0 Å². The maximum Gasteiger partial charge on any atom is 0.357 e. The summed E-state index contributed by atoms with van der Waals surface area (Å²) in [6, 6.07) is 1.96. The van der Waals surface area contributed by atoms with E-state index in [1.54, 1.807) is 18.5 Å². The Bertz CT molecular complexity index is 569. The van der Waals surface area contributed by atoms with Gasteiger partial charge in [0, 0.05) is 24.3 Å². The predicted molar refractivity (Wildman–Crippen MR) is 74.4 cm³/mol. The number of esters is 1. The molecule has 0 aliphatic heterocycles. The summed E-state index contributed by atoms with van der Waals surface area (Å²) in [4.78, 5) is 19.7. The van der Waals surface area contributed by atoms with E-state index in [1.807, 2.05) is 19.2 Å². The number of thiazole rings is 1. The molecular weight excluding hydrogens is 262 g/mol. The molecule has 2 aromatic heterocycles. The fourth-order valence-electron chi connectivity index (χ4n) is 1.51. The van der Waals surface area contributed by atoms with Crippen molar-refractivity contribution in [1.29, 1.82) is 0 Å². The number of hydrogen-bond donors (Lipinski definition) is 1. The van der Waals surface area contributed by atoms with Crippen LogP contribution >= 0.6 is 11.3 Å². The molecule has 0 bridgehead atoms. The highest BCUT2D eigenvalue weighted by Crippen LogP contribution is 2.17. The number of ether oxygens (including phenoxy) is 1. The highest BCUT2D eigenvalue weighted by Gasteiger charge is 2.11. The molecule has 0 amide bonds. The SMILES string of the molecule is CCOC(=O)c1csc(NCc2cnccc2C)n1. The van der Waals surface area contributed by atoms with Crippen molar-refractivity contribution in [1.82, 2.24) is 9.97 Å². The molecule has 6 heteroatoms. The van der Waals surface area contributed by atoms with Crippen molar-refractivity contribution in [3.63, 3.8) is 0 Å². The minimum atomic E-state index is -0.385. The number of anilines is 1. The van der Waals surface area contributed by atoms with Crippen LogP contribution in [0.15, 0.2) is 23.8 Å². The van der Waals surface area contributed by atoms with Crippen molar-refractivity contribution in [3.05, 3.63) is 40.7 Å². The van der Waals surface area contributed by atoms with Crippen LogP contribution in [-0.2, 0) is 11.3 Å². The zero-order valence-corrected chi connectivity index (χ0v) is 11.7. The lowest BCUT2D eigenvalue weighted by atomic mass is 10.2. The van der Waals surface area contributed by atoms with E-state index >= 15 is 0 Å². The van der Waals surface area contributed by atoms with Gasteiger partial charge in [0.25, 0.3) is 0 Å². The van der Waals surface area contributed by atoms with Crippen LogP contribution < -0.4 is 5.32 Å². The molecular formula is C13H15N3O2S. The minimum Gasteiger partial charge on any atom is -0.461 e. The van der Waals surface area contributed by atoms with Gasteiger partial charge in [0.2, 0.25) is 0 Å². The van der Waals surface area contributed by atoms with Gasteiger partial charge in [-0.3, -0.25) is 4.98 Å². The number of nitrogens with one attached hydrogen (secondary N) is 1. The van der Waals surface area contributed by atoms with E-state index in [1.165, 1.54) is 16.9 Å². The predicted octanol–water partition coefficient (Wildman–Crippen LogP) is 2.64. The van der Waals surface area contributed by atoms with Crippen LogP contribution in [0, 0.1) is 6.92 Å². The Morgan fingerprint density at radius 1 is 1.53 bits per heavy atom. The Balaban J connectivity index is 1.97. The Morgan fingerprint density at radius 2 is 2.37 bits per heavy atom. The van der Waals surface area contributed by atoms with Crippen LogP contribution in [0.4, 0.5) is 5.13 Å². The van der Waals surface area contributed by atoms with E-state index in [0.717, 1.165) is 5.56 Å². The Labute approximate surface area is 115 Å². The van der Waals surface area contributed by atoms with Crippen molar-refractivity contribution in [3.8, 4) is 0 Å². The van der Waals surface area contributed by atoms with E-state index in [9.17, 15) is 4.79 Å². The van der Waals surface area contributed by atoms with E-state index in [4.69, 9.17) is 4.74 Å². The zero-order valence-electron chi connectivity index (χ0n) is 10.8. The third-order valence-electron chi connectivity index (χ3n) is 2.57. The largest absolute Gasteiger partial charge is 0.461 e. The average molecular weight is 277 g/mol. The summed E-state index contributed by atoms with van der Waals surface area (Å²) >= 11 is 1.39. The monoisotopic (exact) mass is 277 g/mol. The molecule has 0 aromatic carbocycles. The first kappa shape index (κ1) is 13.5. The van der Waals surface area contributed by atoms with Gasteiger partial charge in [0.1, 0.15) is 0 Å². The molecule has 0 atom stereocenters. The number of nitrogens with zero attached hydrogens (tertiary/aromatic N) is 2. The first-order valence-electron chi connectivity index (χ1n) is 5.96. The van der Waals surface area contributed by atoms with Crippen molar-refractivity contribution < 1.29 is 9.53 Å². The molecule has 2 aromatic rings. The second-order valence-corrected chi connectivity index (χ2v) is 4.77. The summed E-state index contributed by atoms with van der Waals surface area (Å²) in [6.45, 7) is 4.79. The van der Waals surface area contributed by atoms with Gasteiger partial charge in [-0.2, -0.15) is 0 Å². The lowest BCUT2D eigenvalue weighted by molar-refractivity contribution is 0.0520. The third kappa shape index (κ3) is 3.51. The molecule has 1 N–H and O–H groups in total. The number of rotatable bonds is 5. The summed E-state index contributed by atoms with van der Waals surface area (Å²) in [7, 11) is 0. The van der Waals surface area contributed by atoms with E-state index in [-0.39, 0.29) is 5.97 Å². The van der Waals surface area contributed by atoms with Gasteiger partial charge >= 0.3 is 5.97 Å². The standard InChI is InChI=1S/C13H15N3O2S/c1-3-18-12(17)11-8-19-13(16-11)15-7-10-6-14-5-4-9(10)2/h4-6,8H,3,7H2,1-2H3,(H,15,16). The molecule has 5 nitrogen and oxygen atoms in total. The summed E-state index contributed by atoms with van der Waals surface area (Å²) in [5.74, 6) is -0.385. The van der Waals surface area contributed by atoms with Gasteiger partial charge < -0.3 is 10.1 Å². The van der Waals surface area contributed by atoms with Gasteiger partial charge in [0.15, 0.2) is 10.8 Å². The lowest BCUT2D eigenvalue weighted by Crippen LogP contribution is -2.06. The maximum absolute atomic E-state index is 11.5. The molecule has 0 saturated carbocycles. The van der Waals surface area contributed by atoms with Gasteiger partial charge in [-0.05, 0) is 31.0 Å². The number of aryl methyl sites for hydroxylation is 1. The van der Waals surface area contributed by atoms with Crippen LogP contribution in [0.2, 0.25) is 0 Å². The molecule has 0 spiro atoms. The van der Waals surface area contributed by atoms with Crippen LogP contribution in [0.25, 0.3) is 0 Å². The van der Waals surface area contributed by atoms with Crippen LogP contribution in [0.1, 0.15) is 28.5 Å². The van der Waals surface area contributed by atoms with Gasteiger partial charge in [-0.15, -0.1) is 11.3 Å². The molecule has 2 rings (SSSR count). The van der Waals surface area contributed by atoms with Gasteiger partial charge in [-0.1, -0.05) is 0 Å². The Kier molecular flexibility index (Phi) is 4.46. The molecule has 0 aliphatic carbocycles. The Hall–Kier alpha value is -1.95. The molecule has 19 heavy (non-hydrogen) atoms. The van der Waals surface area contributed by atoms with Crippen LogP contribution in [0.3, 0.4) is 0 Å². The Morgan fingerprint density at radius 3 is 3.11 bits per heavy atom. The molecule has 0 radical (unpaired) electrons. The third-order valence-corrected chi connectivity index (χ3v) is 3.37. The van der Waals surface area contributed by atoms with E-state index in [0.29, 0.717) is 24.0 Å². The fourth-order valence-corrected chi connectivity index (χ4v) is 2.19. The first-order chi connectivity index (χ1) is 9.20. The highest BCUT2D eigenvalue weighted by molar-refractivity contribution is 7.13. The summed E-state index contributed by atoms with van der Waals surface area (Å²) in [5.41, 5.74) is 2.62. The topological polar surface area (TPSA) is 64.1 Å². The summed E-state index contributed by atoms with van der Waals surface area (Å²) in [5, 5.41) is 5.57. The zero-order chi connectivity index (χ0) is 13.7. The molecule has 2 heterocycles. The number of aromatic nitrogens is 2. The molecule has 100 valence electrons. The second-order valence-electron chi connectivity index (χ2n) is 3.91. The van der Waals surface area contributed by atoms with Crippen molar-refractivity contribution in [2.24, 2.45) is 0 Å². The second kappa shape index (κ2) is 6.29. The number of pyridine rings is 1. The maximum atomic E-state index is 11.5. The smallest absolute Gasteiger partial charge is 0.357 e. The molecule has 0 saturated heterocycles. The highest BCUT2D eigenvalue weighted by atomic mass is 32.1. The van der Waals surface area contributed by atoms with Crippen LogP contribution in [-0.4, -0.2) is 22.5 Å². The van der Waals surface area contributed by atoms with Crippen molar-refractivity contribution in [2.75, 3.05) is 11.9 Å². The quantitative estimate of drug-likeness (QED) is 0.851. The normalized spacial score (nSPS) is 10.2. The average Bonchev–Trinajstić information content (AvgIpc) is 2.87. The van der Waals surface area contributed by atoms with E-state index in [2.05, 4.69) is 15.3 Å². The van der Waals surface area contributed by atoms with Crippen molar-refractivity contribution >= 4 is 22.4 Å². The van der Waals surface area contributed by atoms with Gasteiger partial charge in [-0.25, -0.2) is 9.78 Å². The molecule has 0 aliphatic rings. The summed E-state index contributed by atoms with van der Waals surface area (Å²) < 4.78 is 4.89. The minimum absolute atomic E-state index is 0.345. The summed E-state index contributed by atoms with van der Waals surface area (Å²) in [6.07, 6.45) is 3.59. The van der Waals surface area contributed by atoms with Crippen LogP contribution in [0.5, 0.6) is 0 Å². The number of carbonyl (C=O) groups is 1. The van der Waals surface area contributed by atoms with Crippen molar-refractivity contribution in [2.45, 2.75) is 20.4 Å². The lowest BCUT2D eigenvalue weighted by Gasteiger charge is -2.05. The number of carbonyl (C=O) groups excluding carboxylic acids is 1.